The number of nitrogens with one attached hydrogen (secondary N) is 1. The van der Waals surface area contributed by atoms with E-state index in [1.807, 2.05) is 12.5 Å². The highest BCUT2D eigenvalue weighted by atomic mass is 15.1. The number of hydrogen-bond acceptors (Lipinski definition) is 2. The number of nitrogens with zero attached hydrogens (tertiary/aromatic N) is 2. The summed E-state index contributed by atoms with van der Waals surface area (Å²) in [5.74, 6) is 0. The minimum Gasteiger partial charge on any atom is -0.384 e. The van der Waals surface area contributed by atoms with Crippen molar-refractivity contribution in [3.8, 4) is 11.3 Å². The van der Waals surface area contributed by atoms with E-state index in [-0.39, 0.29) is 0 Å². The fraction of sp³-hybridized carbons (Fsp3) is 0.471. The fourth-order valence-electron chi connectivity index (χ4n) is 3.06. The largest absolute Gasteiger partial charge is 0.384 e. The quantitative estimate of drug-likeness (QED) is 0.878. The molecule has 1 aliphatic rings. The van der Waals surface area contributed by atoms with Crippen LogP contribution >= 0.6 is 0 Å². The Kier molecular flexibility index (Phi) is 3.77. The predicted molar refractivity (Wildman–Crippen MR) is 84.1 cm³/mol. The molecule has 1 aromatic heterocycles. The molecule has 0 radical (unpaired) electrons. The van der Waals surface area contributed by atoms with Crippen LogP contribution in [0.4, 0.5) is 5.69 Å². The van der Waals surface area contributed by atoms with Crippen LogP contribution < -0.4 is 5.32 Å². The summed E-state index contributed by atoms with van der Waals surface area (Å²) < 4.78 is 2.32. The number of rotatable bonds is 5. The maximum absolute atomic E-state index is 4.39. The summed E-state index contributed by atoms with van der Waals surface area (Å²) in [5.41, 5.74) is 5.26. The monoisotopic (exact) mass is 269 g/mol. The zero-order chi connectivity index (χ0) is 13.9. The summed E-state index contributed by atoms with van der Waals surface area (Å²) in [6.45, 7) is 5.58. The minimum absolute atomic E-state index is 0.504. The molecule has 2 aromatic rings. The molecular formula is C17H23N3. The summed E-state index contributed by atoms with van der Waals surface area (Å²) >= 11 is 0. The van der Waals surface area contributed by atoms with Crippen molar-refractivity contribution in [3.05, 3.63) is 36.3 Å². The Balaban J connectivity index is 1.96. The van der Waals surface area contributed by atoms with Crippen LogP contribution in [0.5, 0.6) is 0 Å². The van der Waals surface area contributed by atoms with E-state index in [4.69, 9.17) is 0 Å². The third kappa shape index (κ3) is 2.33. The van der Waals surface area contributed by atoms with Crippen LogP contribution in [0, 0.1) is 0 Å². The maximum atomic E-state index is 4.39. The van der Waals surface area contributed by atoms with Gasteiger partial charge in [0.25, 0.3) is 0 Å². The highest BCUT2D eigenvalue weighted by Gasteiger charge is 2.18. The smallest absolute Gasteiger partial charge is 0.0953 e. The lowest BCUT2D eigenvalue weighted by molar-refractivity contribution is 0.489. The number of benzene rings is 1. The minimum atomic E-state index is 0.504. The van der Waals surface area contributed by atoms with Gasteiger partial charge in [-0.05, 0) is 25.3 Å². The predicted octanol–water partition coefficient (Wildman–Crippen LogP) is 4.27. The molecule has 0 spiro atoms. The Labute approximate surface area is 121 Å². The molecule has 106 valence electrons. The van der Waals surface area contributed by atoms with Crippen LogP contribution in [0.15, 0.2) is 30.7 Å². The van der Waals surface area contributed by atoms with Crippen molar-refractivity contribution in [2.45, 2.75) is 45.6 Å². The standard InChI is InChI=1S/C17H23N3/c1-3-4-6-13(2)20-12-18-11-16(20)15-8-5-7-14-9-10-19-17(14)15/h5,7-8,11-13,19H,3-4,6,9-10H2,1-2H3. The SMILES string of the molecule is CCCCC(C)n1cncc1-c1cccc2c1NCC2. The molecule has 20 heavy (non-hydrogen) atoms. The molecule has 0 amide bonds. The third-order valence-corrected chi connectivity index (χ3v) is 4.24. The summed E-state index contributed by atoms with van der Waals surface area (Å²) in [4.78, 5) is 4.39. The second-order valence-electron chi connectivity index (χ2n) is 5.69. The van der Waals surface area contributed by atoms with Crippen LogP contribution in [0.25, 0.3) is 11.3 Å². The van der Waals surface area contributed by atoms with E-state index >= 15 is 0 Å². The normalized spacial score (nSPS) is 14.9. The molecule has 1 atom stereocenters. The summed E-state index contributed by atoms with van der Waals surface area (Å²) in [6, 6.07) is 7.09. The van der Waals surface area contributed by atoms with Gasteiger partial charge in [-0.15, -0.1) is 0 Å². The molecule has 2 heterocycles. The number of aromatic nitrogens is 2. The van der Waals surface area contributed by atoms with Gasteiger partial charge in [0, 0.05) is 23.8 Å². The summed E-state index contributed by atoms with van der Waals surface area (Å²) in [7, 11) is 0. The molecule has 1 aromatic carbocycles. The number of anilines is 1. The summed E-state index contributed by atoms with van der Waals surface area (Å²) in [5, 5.41) is 3.53. The van der Waals surface area contributed by atoms with Gasteiger partial charge in [-0.3, -0.25) is 0 Å². The Morgan fingerprint density at radius 2 is 2.30 bits per heavy atom. The van der Waals surface area contributed by atoms with Gasteiger partial charge in [0.05, 0.1) is 18.2 Å². The number of unbranched alkanes of at least 4 members (excludes halogenated alkanes) is 1. The van der Waals surface area contributed by atoms with Gasteiger partial charge in [-0.2, -0.15) is 0 Å². The first-order valence-corrected chi connectivity index (χ1v) is 7.69. The van der Waals surface area contributed by atoms with Gasteiger partial charge in [0.1, 0.15) is 0 Å². The Morgan fingerprint density at radius 3 is 3.15 bits per heavy atom. The zero-order valence-electron chi connectivity index (χ0n) is 12.4. The topological polar surface area (TPSA) is 29.9 Å². The molecule has 0 aliphatic carbocycles. The molecule has 3 heteroatoms. The average Bonchev–Trinajstić information content (AvgIpc) is 3.12. The first-order valence-electron chi connectivity index (χ1n) is 7.69. The molecule has 3 nitrogen and oxygen atoms in total. The van der Waals surface area contributed by atoms with Crippen molar-refractivity contribution < 1.29 is 0 Å². The molecule has 1 aliphatic heterocycles. The van der Waals surface area contributed by atoms with E-state index in [1.54, 1.807) is 0 Å². The molecule has 0 saturated heterocycles. The van der Waals surface area contributed by atoms with E-state index in [0.29, 0.717) is 6.04 Å². The molecule has 0 bridgehead atoms. The lowest BCUT2D eigenvalue weighted by Gasteiger charge is -2.18. The van der Waals surface area contributed by atoms with E-state index in [9.17, 15) is 0 Å². The lowest BCUT2D eigenvalue weighted by atomic mass is 10.0. The second kappa shape index (κ2) is 5.70. The molecule has 1 N–H and O–H groups in total. The van der Waals surface area contributed by atoms with Crippen LogP contribution in [-0.4, -0.2) is 16.1 Å². The van der Waals surface area contributed by atoms with Gasteiger partial charge in [0.2, 0.25) is 0 Å². The van der Waals surface area contributed by atoms with Gasteiger partial charge < -0.3 is 9.88 Å². The molecule has 0 saturated carbocycles. The van der Waals surface area contributed by atoms with Gasteiger partial charge >= 0.3 is 0 Å². The third-order valence-electron chi connectivity index (χ3n) is 4.24. The fourth-order valence-corrected chi connectivity index (χ4v) is 3.06. The van der Waals surface area contributed by atoms with Crippen molar-refractivity contribution in [1.82, 2.24) is 9.55 Å². The van der Waals surface area contributed by atoms with Crippen LogP contribution in [0.1, 0.15) is 44.7 Å². The van der Waals surface area contributed by atoms with Crippen molar-refractivity contribution in [2.24, 2.45) is 0 Å². The Morgan fingerprint density at radius 1 is 1.40 bits per heavy atom. The van der Waals surface area contributed by atoms with E-state index in [2.05, 4.69) is 46.9 Å². The average molecular weight is 269 g/mol. The molecule has 0 fully saturated rings. The first-order chi connectivity index (χ1) is 9.81. The van der Waals surface area contributed by atoms with Crippen LogP contribution in [0.2, 0.25) is 0 Å². The van der Waals surface area contributed by atoms with Gasteiger partial charge in [-0.1, -0.05) is 38.0 Å². The van der Waals surface area contributed by atoms with Crippen LogP contribution in [-0.2, 0) is 6.42 Å². The second-order valence-corrected chi connectivity index (χ2v) is 5.69. The van der Waals surface area contributed by atoms with Crippen molar-refractivity contribution in [1.29, 1.82) is 0 Å². The molecular weight excluding hydrogens is 246 g/mol. The molecule has 3 rings (SSSR count). The van der Waals surface area contributed by atoms with Crippen LogP contribution in [0.3, 0.4) is 0 Å². The number of hydrogen-bond donors (Lipinski definition) is 1. The zero-order valence-corrected chi connectivity index (χ0v) is 12.4. The Hall–Kier alpha value is -1.77. The maximum Gasteiger partial charge on any atom is 0.0953 e. The Bertz CT molecular complexity index is 586. The van der Waals surface area contributed by atoms with Crippen molar-refractivity contribution in [3.63, 3.8) is 0 Å². The highest BCUT2D eigenvalue weighted by molar-refractivity contribution is 5.79. The van der Waals surface area contributed by atoms with Crippen molar-refractivity contribution >= 4 is 5.69 Å². The van der Waals surface area contributed by atoms with E-state index in [1.165, 1.54) is 41.8 Å². The van der Waals surface area contributed by atoms with E-state index in [0.717, 1.165) is 13.0 Å². The molecule has 1 unspecified atom stereocenters. The van der Waals surface area contributed by atoms with E-state index < -0.39 is 0 Å². The number of fused-ring (bicyclic) bond motifs is 1. The number of para-hydroxylation sites is 1. The van der Waals surface area contributed by atoms with Crippen molar-refractivity contribution in [2.75, 3.05) is 11.9 Å². The highest BCUT2D eigenvalue weighted by Crippen LogP contribution is 2.35. The van der Waals surface area contributed by atoms with Gasteiger partial charge in [0.15, 0.2) is 0 Å². The lowest BCUT2D eigenvalue weighted by Crippen LogP contribution is -2.06. The number of imidazole rings is 1. The van der Waals surface area contributed by atoms with Gasteiger partial charge in [-0.25, -0.2) is 4.98 Å². The summed E-state index contributed by atoms with van der Waals surface area (Å²) in [6.07, 6.45) is 8.83. The first kappa shape index (κ1) is 13.2.